The molecule has 3 N–H and O–H groups in total. The summed E-state index contributed by atoms with van der Waals surface area (Å²) in [6, 6.07) is 8.93. The Bertz CT molecular complexity index is 356. The summed E-state index contributed by atoms with van der Waals surface area (Å²) in [5.41, 5.74) is 7.96. The van der Waals surface area contributed by atoms with Crippen LogP contribution in [-0.4, -0.2) is 12.6 Å². The highest BCUT2D eigenvalue weighted by atomic mass is 14.9. The summed E-state index contributed by atoms with van der Waals surface area (Å²) < 4.78 is 0. The van der Waals surface area contributed by atoms with Crippen molar-refractivity contribution in [2.24, 2.45) is 5.92 Å². The molecular formula is C15H22N2. The molecule has 2 rings (SSSR count). The molecule has 2 nitrogen and oxygen atoms in total. The average Bonchev–Trinajstić information content (AvgIpc) is 2.33. The van der Waals surface area contributed by atoms with Crippen LogP contribution in [0.1, 0.15) is 24.8 Å². The number of benzene rings is 1. The zero-order valence-corrected chi connectivity index (χ0v) is 10.4. The van der Waals surface area contributed by atoms with Gasteiger partial charge in [-0.2, -0.15) is 0 Å². The van der Waals surface area contributed by atoms with E-state index in [1.165, 1.54) is 24.8 Å². The van der Waals surface area contributed by atoms with Crippen LogP contribution in [0.5, 0.6) is 0 Å². The fourth-order valence-electron chi connectivity index (χ4n) is 2.65. The largest absolute Gasteiger partial charge is 0.399 e. The van der Waals surface area contributed by atoms with Crippen LogP contribution in [0.2, 0.25) is 0 Å². The number of hydrogen-bond donors (Lipinski definition) is 2. The van der Waals surface area contributed by atoms with Gasteiger partial charge in [-0.25, -0.2) is 0 Å². The van der Waals surface area contributed by atoms with Gasteiger partial charge in [0.2, 0.25) is 0 Å². The molecule has 0 radical (unpaired) electrons. The van der Waals surface area contributed by atoms with E-state index in [9.17, 15) is 0 Å². The summed E-state index contributed by atoms with van der Waals surface area (Å²) in [5, 5.41) is 3.55. The minimum absolute atomic E-state index is 0.625. The first kappa shape index (κ1) is 12.2. The monoisotopic (exact) mass is 230 g/mol. The topological polar surface area (TPSA) is 38.0 Å². The number of rotatable bonds is 4. The van der Waals surface area contributed by atoms with Gasteiger partial charge in [0.1, 0.15) is 0 Å². The lowest BCUT2D eigenvalue weighted by Crippen LogP contribution is -2.38. The van der Waals surface area contributed by atoms with Gasteiger partial charge < -0.3 is 11.1 Å². The van der Waals surface area contributed by atoms with Gasteiger partial charge in [0, 0.05) is 11.7 Å². The second-order valence-corrected chi connectivity index (χ2v) is 5.01. The first-order valence-corrected chi connectivity index (χ1v) is 6.46. The van der Waals surface area contributed by atoms with Crippen molar-refractivity contribution in [2.75, 3.05) is 12.3 Å². The van der Waals surface area contributed by atoms with Crippen LogP contribution < -0.4 is 11.1 Å². The predicted octanol–water partition coefficient (Wildman–Crippen LogP) is 2.76. The predicted molar refractivity (Wildman–Crippen MR) is 73.9 cm³/mol. The van der Waals surface area contributed by atoms with Crippen molar-refractivity contribution in [2.45, 2.75) is 31.7 Å². The number of nitrogens with two attached hydrogens (primary N) is 1. The zero-order valence-electron chi connectivity index (χ0n) is 10.4. The lowest BCUT2D eigenvalue weighted by molar-refractivity contribution is 0.301. The molecule has 0 saturated carbocycles. The Morgan fingerprint density at radius 1 is 1.35 bits per heavy atom. The Morgan fingerprint density at radius 3 is 2.82 bits per heavy atom. The Balaban J connectivity index is 1.89. The number of nitrogens with one attached hydrogen (secondary N) is 1. The molecule has 0 amide bonds. The van der Waals surface area contributed by atoms with Crippen molar-refractivity contribution in [1.82, 2.24) is 5.32 Å². The maximum absolute atomic E-state index is 5.70. The average molecular weight is 230 g/mol. The van der Waals surface area contributed by atoms with Crippen LogP contribution >= 0.6 is 0 Å². The molecule has 1 aromatic carbocycles. The fraction of sp³-hybridized carbons (Fsp3) is 0.467. The molecule has 1 heterocycles. The number of piperidine rings is 1. The second kappa shape index (κ2) is 5.87. The highest BCUT2D eigenvalue weighted by molar-refractivity contribution is 5.39. The van der Waals surface area contributed by atoms with Gasteiger partial charge >= 0.3 is 0 Å². The molecule has 17 heavy (non-hydrogen) atoms. The Kier molecular flexibility index (Phi) is 4.21. The molecule has 0 spiro atoms. The lowest BCUT2D eigenvalue weighted by atomic mass is 9.86. The zero-order chi connectivity index (χ0) is 12.1. The quantitative estimate of drug-likeness (QED) is 0.616. The fourth-order valence-corrected chi connectivity index (χ4v) is 2.65. The molecule has 2 atom stereocenters. The van der Waals surface area contributed by atoms with Gasteiger partial charge in [-0.05, 0) is 55.8 Å². The molecule has 0 unspecified atom stereocenters. The van der Waals surface area contributed by atoms with Crippen molar-refractivity contribution >= 4 is 5.69 Å². The number of nitrogen functional groups attached to an aromatic ring is 1. The van der Waals surface area contributed by atoms with Gasteiger partial charge in [-0.1, -0.05) is 18.2 Å². The molecule has 2 heteroatoms. The van der Waals surface area contributed by atoms with Gasteiger partial charge in [-0.3, -0.25) is 0 Å². The molecule has 1 aliphatic heterocycles. The van der Waals surface area contributed by atoms with E-state index in [0.717, 1.165) is 24.6 Å². The molecule has 0 aromatic heterocycles. The van der Waals surface area contributed by atoms with Crippen LogP contribution in [0.4, 0.5) is 5.69 Å². The molecule has 1 aromatic rings. The van der Waals surface area contributed by atoms with Crippen LogP contribution in [0.15, 0.2) is 36.9 Å². The minimum Gasteiger partial charge on any atom is -0.399 e. The first-order chi connectivity index (χ1) is 8.28. The number of hydrogen-bond acceptors (Lipinski definition) is 2. The first-order valence-electron chi connectivity index (χ1n) is 6.46. The van der Waals surface area contributed by atoms with Crippen LogP contribution in [0.3, 0.4) is 0 Å². The van der Waals surface area contributed by atoms with Crippen molar-refractivity contribution in [3.8, 4) is 0 Å². The summed E-state index contributed by atoms with van der Waals surface area (Å²) >= 11 is 0. The highest BCUT2D eigenvalue weighted by Crippen LogP contribution is 2.23. The second-order valence-electron chi connectivity index (χ2n) is 5.01. The van der Waals surface area contributed by atoms with E-state index in [4.69, 9.17) is 5.73 Å². The van der Waals surface area contributed by atoms with E-state index >= 15 is 0 Å². The third kappa shape index (κ3) is 3.60. The van der Waals surface area contributed by atoms with Gasteiger partial charge in [0.05, 0.1) is 0 Å². The number of anilines is 1. The van der Waals surface area contributed by atoms with E-state index in [1.54, 1.807) is 0 Å². The molecule has 1 aliphatic rings. The van der Waals surface area contributed by atoms with E-state index in [1.807, 2.05) is 18.2 Å². The van der Waals surface area contributed by atoms with Crippen molar-refractivity contribution in [1.29, 1.82) is 0 Å². The Morgan fingerprint density at radius 2 is 2.12 bits per heavy atom. The summed E-state index contributed by atoms with van der Waals surface area (Å²) in [4.78, 5) is 0. The SMILES string of the molecule is C=CC[C@H]1C[C@@H](Cc2ccc(N)cc2)CCN1. The third-order valence-electron chi connectivity index (χ3n) is 3.56. The van der Waals surface area contributed by atoms with E-state index in [0.29, 0.717) is 6.04 Å². The molecule has 92 valence electrons. The van der Waals surface area contributed by atoms with E-state index in [2.05, 4.69) is 24.0 Å². The maximum Gasteiger partial charge on any atom is 0.0314 e. The molecule has 1 fully saturated rings. The van der Waals surface area contributed by atoms with Crippen molar-refractivity contribution in [3.05, 3.63) is 42.5 Å². The van der Waals surface area contributed by atoms with Crippen LogP contribution in [0.25, 0.3) is 0 Å². The molecular weight excluding hydrogens is 208 g/mol. The third-order valence-corrected chi connectivity index (χ3v) is 3.56. The standard InChI is InChI=1S/C15H22N2/c1-2-3-15-11-13(8-9-17-15)10-12-4-6-14(16)7-5-12/h2,4-7,13,15,17H,1,3,8-11,16H2/t13-,15+/m1/s1. The normalized spacial score (nSPS) is 24.5. The van der Waals surface area contributed by atoms with Crippen molar-refractivity contribution in [3.63, 3.8) is 0 Å². The van der Waals surface area contributed by atoms with Crippen LogP contribution in [-0.2, 0) is 6.42 Å². The van der Waals surface area contributed by atoms with E-state index < -0.39 is 0 Å². The molecule has 1 saturated heterocycles. The Labute approximate surface area is 104 Å². The lowest BCUT2D eigenvalue weighted by Gasteiger charge is -2.30. The Hall–Kier alpha value is -1.28. The minimum atomic E-state index is 0.625. The van der Waals surface area contributed by atoms with Crippen molar-refractivity contribution < 1.29 is 0 Å². The van der Waals surface area contributed by atoms with Gasteiger partial charge in [0.25, 0.3) is 0 Å². The maximum atomic E-state index is 5.70. The molecule has 0 aliphatic carbocycles. The van der Waals surface area contributed by atoms with Crippen LogP contribution in [0, 0.1) is 5.92 Å². The summed E-state index contributed by atoms with van der Waals surface area (Å²) in [5.74, 6) is 0.796. The molecule has 0 bridgehead atoms. The van der Waals surface area contributed by atoms with E-state index in [-0.39, 0.29) is 0 Å². The summed E-state index contributed by atoms with van der Waals surface area (Å²) in [6.07, 6.45) is 6.81. The van der Waals surface area contributed by atoms with Gasteiger partial charge in [-0.15, -0.1) is 6.58 Å². The smallest absolute Gasteiger partial charge is 0.0314 e. The summed E-state index contributed by atoms with van der Waals surface area (Å²) in [7, 11) is 0. The van der Waals surface area contributed by atoms with Gasteiger partial charge in [0.15, 0.2) is 0 Å². The summed E-state index contributed by atoms with van der Waals surface area (Å²) in [6.45, 7) is 4.96. The highest BCUT2D eigenvalue weighted by Gasteiger charge is 2.20.